The second-order valence-corrected chi connectivity index (χ2v) is 6.75. The minimum Gasteiger partial charge on any atom is -0.368 e. The highest BCUT2D eigenvalue weighted by Gasteiger charge is 2.30. The fourth-order valence-electron chi connectivity index (χ4n) is 3.08. The molecule has 3 aromatic rings. The fourth-order valence-corrected chi connectivity index (χ4v) is 3.53. The second kappa shape index (κ2) is 6.42. The number of H-pyrrole nitrogens is 1. The van der Waals surface area contributed by atoms with Gasteiger partial charge in [0.1, 0.15) is 16.7 Å². The lowest BCUT2D eigenvalue weighted by Crippen LogP contribution is -2.46. The Labute approximate surface area is 155 Å². The first-order valence-electron chi connectivity index (χ1n) is 7.95. The first kappa shape index (κ1) is 17.1. The van der Waals surface area contributed by atoms with E-state index in [1.807, 2.05) is 0 Å². The van der Waals surface area contributed by atoms with Gasteiger partial charge in [-0.2, -0.15) is 18.3 Å². The van der Waals surface area contributed by atoms with Gasteiger partial charge in [-0.25, -0.2) is 9.97 Å². The number of alkyl halides is 3. The molecule has 0 spiro atoms. The summed E-state index contributed by atoms with van der Waals surface area (Å²) in [5.41, 5.74) is 0.745. The van der Waals surface area contributed by atoms with Crippen LogP contribution in [0.3, 0.4) is 0 Å². The van der Waals surface area contributed by atoms with Gasteiger partial charge in [0.25, 0.3) is 0 Å². The Morgan fingerprint density at radius 2 is 1.62 bits per heavy atom. The van der Waals surface area contributed by atoms with E-state index in [-0.39, 0.29) is 0 Å². The van der Waals surface area contributed by atoms with Crippen molar-refractivity contribution in [2.45, 2.75) is 6.18 Å². The summed E-state index contributed by atoms with van der Waals surface area (Å²) in [6, 6.07) is 5.29. The van der Waals surface area contributed by atoms with Crippen LogP contribution in [0.15, 0.2) is 35.2 Å². The van der Waals surface area contributed by atoms with Gasteiger partial charge in [0.2, 0.25) is 0 Å². The summed E-state index contributed by atoms with van der Waals surface area (Å²) in [6.45, 7) is 2.77. The fraction of sp³-hybridized carbons (Fsp3) is 0.312. The van der Waals surface area contributed by atoms with Gasteiger partial charge in [-0.15, -0.1) is 0 Å². The van der Waals surface area contributed by atoms with Crippen LogP contribution in [0.4, 0.5) is 24.7 Å². The maximum Gasteiger partial charge on any atom is 0.416 e. The summed E-state index contributed by atoms with van der Waals surface area (Å²) in [5.74, 6) is 0.794. The van der Waals surface area contributed by atoms with Gasteiger partial charge in [0.05, 0.1) is 10.9 Å². The molecule has 1 saturated heterocycles. The quantitative estimate of drug-likeness (QED) is 0.679. The summed E-state index contributed by atoms with van der Waals surface area (Å²) in [7, 11) is 0. The highest BCUT2D eigenvalue weighted by molar-refractivity contribution is 9.10. The van der Waals surface area contributed by atoms with E-state index in [9.17, 15) is 13.2 Å². The van der Waals surface area contributed by atoms with Crippen LogP contribution < -0.4 is 9.80 Å². The molecule has 26 heavy (non-hydrogen) atoms. The van der Waals surface area contributed by atoms with E-state index in [0.717, 1.165) is 33.6 Å². The number of benzene rings is 1. The van der Waals surface area contributed by atoms with Crippen LogP contribution in [0.5, 0.6) is 0 Å². The van der Waals surface area contributed by atoms with E-state index in [2.05, 4.69) is 45.9 Å². The van der Waals surface area contributed by atoms with Crippen LogP contribution >= 0.6 is 15.9 Å². The molecule has 1 aromatic carbocycles. The lowest BCUT2D eigenvalue weighted by Gasteiger charge is -2.37. The SMILES string of the molecule is FC(F)(F)c1ccc(N2CCN(c3ncnc4n[nH]c(Br)c34)CC2)cc1. The summed E-state index contributed by atoms with van der Waals surface area (Å²) in [4.78, 5) is 12.7. The Kier molecular flexibility index (Phi) is 4.22. The predicted molar refractivity (Wildman–Crippen MR) is 95.3 cm³/mol. The highest BCUT2D eigenvalue weighted by Crippen LogP contribution is 2.32. The number of aromatic nitrogens is 4. The highest BCUT2D eigenvalue weighted by atomic mass is 79.9. The molecule has 2 aromatic heterocycles. The summed E-state index contributed by atoms with van der Waals surface area (Å²) >= 11 is 3.43. The standard InChI is InChI=1S/C16H14BrF3N6/c17-13-12-14(24-23-13)21-9-22-15(12)26-7-5-25(6-8-26)11-3-1-10(2-4-11)16(18,19)20/h1-4,9H,5-8H2,(H,21,22,23,24). The van der Waals surface area contributed by atoms with Crippen LogP contribution in [0.1, 0.15) is 5.56 Å². The Balaban J connectivity index is 1.49. The van der Waals surface area contributed by atoms with Crippen molar-refractivity contribution in [2.75, 3.05) is 36.0 Å². The predicted octanol–water partition coefficient (Wildman–Crippen LogP) is 3.46. The number of rotatable bonds is 2. The Bertz CT molecular complexity index is 916. The largest absolute Gasteiger partial charge is 0.416 e. The van der Waals surface area contributed by atoms with Crippen molar-refractivity contribution in [1.29, 1.82) is 0 Å². The van der Waals surface area contributed by atoms with Crippen LogP contribution in [-0.4, -0.2) is 46.3 Å². The number of hydrogen-bond donors (Lipinski definition) is 1. The van der Waals surface area contributed by atoms with Gasteiger partial charge in [-0.05, 0) is 40.2 Å². The van der Waals surface area contributed by atoms with Gasteiger partial charge in [0.15, 0.2) is 5.65 Å². The topological polar surface area (TPSA) is 60.9 Å². The van der Waals surface area contributed by atoms with Crippen LogP contribution in [0, 0.1) is 0 Å². The maximum absolute atomic E-state index is 12.7. The normalized spacial score (nSPS) is 15.7. The smallest absolute Gasteiger partial charge is 0.368 e. The molecule has 0 bridgehead atoms. The first-order chi connectivity index (χ1) is 12.4. The third kappa shape index (κ3) is 3.09. The van der Waals surface area contributed by atoms with Gasteiger partial charge >= 0.3 is 6.18 Å². The first-order valence-corrected chi connectivity index (χ1v) is 8.74. The van der Waals surface area contributed by atoms with Crippen LogP contribution in [0.25, 0.3) is 11.0 Å². The number of nitrogens with zero attached hydrogens (tertiary/aromatic N) is 5. The minimum atomic E-state index is -4.31. The molecule has 4 rings (SSSR count). The van der Waals surface area contributed by atoms with Gasteiger partial charge in [0, 0.05) is 31.9 Å². The second-order valence-electron chi connectivity index (χ2n) is 5.95. The number of fused-ring (bicyclic) bond motifs is 1. The molecule has 0 radical (unpaired) electrons. The zero-order valence-electron chi connectivity index (χ0n) is 13.5. The van der Waals surface area contributed by atoms with Gasteiger partial charge < -0.3 is 9.80 Å². The molecule has 1 aliphatic heterocycles. The van der Waals surface area contributed by atoms with E-state index in [4.69, 9.17) is 0 Å². The molecule has 1 aliphatic rings. The lowest BCUT2D eigenvalue weighted by molar-refractivity contribution is -0.137. The van der Waals surface area contributed by atoms with Crippen molar-refractivity contribution in [3.8, 4) is 0 Å². The molecule has 0 amide bonds. The summed E-state index contributed by atoms with van der Waals surface area (Å²) in [6.07, 6.45) is -2.83. The van der Waals surface area contributed by atoms with Gasteiger partial charge in [-0.1, -0.05) is 0 Å². The molecule has 136 valence electrons. The zero-order chi connectivity index (χ0) is 18.3. The van der Waals surface area contributed by atoms with E-state index < -0.39 is 11.7 Å². The monoisotopic (exact) mass is 426 g/mol. The molecule has 1 fully saturated rings. The average Bonchev–Trinajstić information content (AvgIpc) is 3.03. The van der Waals surface area contributed by atoms with Gasteiger partial charge in [-0.3, -0.25) is 5.10 Å². The number of anilines is 2. The van der Waals surface area contributed by atoms with Crippen molar-refractivity contribution in [3.63, 3.8) is 0 Å². The summed E-state index contributed by atoms with van der Waals surface area (Å²) in [5, 5.41) is 7.78. The molecule has 10 heteroatoms. The van der Waals surface area contributed by atoms with Crippen molar-refractivity contribution in [1.82, 2.24) is 20.2 Å². The molecule has 0 aliphatic carbocycles. The molecule has 1 N–H and O–H groups in total. The Morgan fingerprint density at radius 3 is 2.27 bits per heavy atom. The zero-order valence-corrected chi connectivity index (χ0v) is 15.0. The number of hydrogen-bond acceptors (Lipinski definition) is 5. The van der Waals surface area contributed by atoms with E-state index in [1.54, 1.807) is 0 Å². The molecular formula is C16H14BrF3N6. The Hall–Kier alpha value is -2.36. The average molecular weight is 427 g/mol. The lowest BCUT2D eigenvalue weighted by atomic mass is 10.1. The Morgan fingerprint density at radius 1 is 0.962 bits per heavy atom. The molecule has 6 nitrogen and oxygen atoms in total. The van der Waals surface area contributed by atoms with Crippen molar-refractivity contribution >= 4 is 38.5 Å². The molecule has 0 unspecified atom stereocenters. The number of halogens is 4. The molecule has 3 heterocycles. The maximum atomic E-state index is 12.7. The number of piperazine rings is 1. The number of aromatic amines is 1. The number of nitrogens with one attached hydrogen (secondary N) is 1. The molecule has 0 atom stereocenters. The van der Waals surface area contributed by atoms with E-state index in [1.165, 1.54) is 18.5 Å². The van der Waals surface area contributed by atoms with Crippen molar-refractivity contribution in [3.05, 3.63) is 40.8 Å². The molecular weight excluding hydrogens is 413 g/mol. The van der Waals surface area contributed by atoms with Crippen LogP contribution in [-0.2, 0) is 6.18 Å². The molecule has 0 saturated carbocycles. The third-order valence-corrected chi connectivity index (χ3v) is 5.00. The third-order valence-electron chi connectivity index (χ3n) is 4.43. The van der Waals surface area contributed by atoms with Crippen LogP contribution in [0.2, 0.25) is 0 Å². The van der Waals surface area contributed by atoms with Crippen molar-refractivity contribution in [2.24, 2.45) is 0 Å². The van der Waals surface area contributed by atoms with E-state index in [0.29, 0.717) is 31.8 Å². The minimum absolute atomic E-state index is 0.590. The van der Waals surface area contributed by atoms with E-state index >= 15 is 0 Å². The van der Waals surface area contributed by atoms with Crippen molar-refractivity contribution < 1.29 is 13.2 Å². The summed E-state index contributed by atoms with van der Waals surface area (Å²) < 4.78 is 38.8.